The van der Waals surface area contributed by atoms with Gasteiger partial charge in [-0.2, -0.15) is 0 Å². The fourth-order valence-electron chi connectivity index (χ4n) is 3.76. The molecule has 3 aromatic rings. The van der Waals surface area contributed by atoms with Gasteiger partial charge in [-0.05, 0) is 34.7 Å². The number of hydrogen-bond donors (Lipinski definition) is 0. The summed E-state index contributed by atoms with van der Waals surface area (Å²) in [5.41, 5.74) is -0.771. The summed E-state index contributed by atoms with van der Waals surface area (Å²) >= 11 is 0. The fourth-order valence-corrected chi connectivity index (χ4v) is 3.76. The van der Waals surface area contributed by atoms with Gasteiger partial charge in [-0.15, -0.1) is 13.2 Å². The summed E-state index contributed by atoms with van der Waals surface area (Å²) in [5, 5.41) is -4.75. The lowest BCUT2D eigenvalue weighted by Crippen LogP contribution is -2.69. The van der Waals surface area contributed by atoms with E-state index in [1.54, 1.807) is 6.07 Å². The number of carbonyl (C=O) groups excluding carboxylic acids is 1. The summed E-state index contributed by atoms with van der Waals surface area (Å²) in [5.74, 6) is -1.62. The Morgan fingerprint density at radius 3 is 2.08 bits per heavy atom. The van der Waals surface area contributed by atoms with Crippen LogP contribution in [0.15, 0.2) is 42.7 Å². The number of nitrogens with zero attached hydrogens (tertiary/aromatic N) is 3. The van der Waals surface area contributed by atoms with Gasteiger partial charge in [0.05, 0.1) is 27.8 Å². The Bertz CT molecular complexity index is 1360. The minimum atomic E-state index is -4.89. The first kappa shape index (κ1) is 26.9. The van der Waals surface area contributed by atoms with Crippen LogP contribution in [0.2, 0.25) is 0 Å². The molecular formula is C21H9B7F3N3O3. The molecule has 1 aromatic heterocycles. The van der Waals surface area contributed by atoms with Gasteiger partial charge in [0.2, 0.25) is 0 Å². The summed E-state index contributed by atoms with van der Waals surface area (Å²) in [6.45, 7) is -0.353. The third-order valence-corrected chi connectivity index (χ3v) is 5.67. The van der Waals surface area contributed by atoms with Crippen molar-refractivity contribution in [3.8, 4) is 22.6 Å². The zero-order chi connectivity index (χ0) is 27.3. The van der Waals surface area contributed by atoms with Crippen molar-refractivity contribution in [3.05, 3.63) is 54.1 Å². The quantitative estimate of drug-likeness (QED) is 0.420. The molecule has 0 atom stereocenters. The van der Waals surface area contributed by atoms with Crippen molar-refractivity contribution in [1.29, 1.82) is 0 Å². The predicted octanol–water partition coefficient (Wildman–Crippen LogP) is -1.56. The van der Waals surface area contributed by atoms with Gasteiger partial charge in [0.15, 0.2) is 0 Å². The summed E-state index contributed by atoms with van der Waals surface area (Å²) in [6, 6.07) is 6.13. The average Bonchev–Trinajstić information content (AvgIpc) is 2.86. The molecule has 0 saturated carbocycles. The van der Waals surface area contributed by atoms with Gasteiger partial charge in [-0.25, -0.2) is 9.97 Å². The second-order valence-corrected chi connectivity index (χ2v) is 8.17. The van der Waals surface area contributed by atoms with E-state index >= 15 is 0 Å². The van der Waals surface area contributed by atoms with Crippen molar-refractivity contribution in [1.82, 2.24) is 14.9 Å². The monoisotopic (exact) mass is 485 g/mol. The minimum Gasteiger partial charge on any atom is -0.506 e. The largest absolute Gasteiger partial charge is 0.573 e. The first-order valence-corrected chi connectivity index (χ1v) is 10.4. The molecule has 37 heavy (non-hydrogen) atoms. The van der Waals surface area contributed by atoms with Crippen LogP contribution in [0.5, 0.6) is 11.5 Å². The number of ether oxygens (including phenoxy) is 2. The fraction of sp³-hybridized carbons (Fsp3) is 0.190. The Morgan fingerprint density at radius 2 is 1.51 bits per heavy atom. The number of carbonyl (C=O) groups is 1. The van der Waals surface area contributed by atoms with Crippen molar-refractivity contribution in [2.75, 3.05) is 0 Å². The third-order valence-electron chi connectivity index (χ3n) is 5.67. The summed E-state index contributed by atoms with van der Waals surface area (Å²) in [7, 11) is 43.4. The van der Waals surface area contributed by atoms with Crippen LogP contribution >= 0.6 is 0 Å². The average molecular weight is 484 g/mol. The predicted molar refractivity (Wildman–Crippen MR) is 136 cm³/mol. The van der Waals surface area contributed by atoms with Crippen LogP contribution in [0.4, 0.5) is 13.2 Å². The number of aromatic nitrogens is 2. The molecule has 1 aliphatic rings. The van der Waals surface area contributed by atoms with E-state index in [0.29, 0.717) is 0 Å². The maximum Gasteiger partial charge on any atom is 0.573 e. The highest BCUT2D eigenvalue weighted by Crippen LogP contribution is 2.34. The van der Waals surface area contributed by atoms with Gasteiger partial charge >= 0.3 is 6.36 Å². The summed E-state index contributed by atoms with van der Waals surface area (Å²) < 4.78 is 47.2. The van der Waals surface area contributed by atoms with Crippen molar-refractivity contribution >= 4 is 77.2 Å². The Labute approximate surface area is 220 Å². The van der Waals surface area contributed by atoms with Crippen LogP contribution in [0.1, 0.15) is 16.2 Å². The second-order valence-electron chi connectivity index (χ2n) is 8.17. The molecule has 2 heterocycles. The Morgan fingerprint density at radius 1 is 0.919 bits per heavy atom. The van der Waals surface area contributed by atoms with E-state index in [0.717, 1.165) is 17.0 Å². The molecule has 1 amide bonds. The molecular weight excluding hydrogens is 475 g/mol. The molecule has 0 aliphatic carbocycles. The van der Waals surface area contributed by atoms with Gasteiger partial charge in [0.25, 0.3) is 5.91 Å². The van der Waals surface area contributed by atoms with Crippen LogP contribution < -0.4 is 25.9 Å². The smallest absolute Gasteiger partial charge is 0.506 e. The highest BCUT2D eigenvalue weighted by molar-refractivity contribution is 6.58. The first-order chi connectivity index (χ1) is 17.1. The molecule has 168 valence electrons. The second kappa shape index (κ2) is 9.29. The van der Waals surface area contributed by atoms with Crippen LogP contribution in [0.3, 0.4) is 0 Å². The van der Waals surface area contributed by atoms with Crippen molar-refractivity contribution < 1.29 is 27.4 Å². The van der Waals surface area contributed by atoms with Gasteiger partial charge in [0, 0.05) is 17.8 Å². The number of halogens is 3. The standard InChI is InChI=1S/C21H9B7F3N3O3/c22-14-12(9-2-4-10(5-3-9)36-21(29,30)31)15(23)16(24)17-13(14)18(35)34(8-11-32-6-1-7-33-11)19(25,26)20(27,28)37-17/h1-7H,8H2. The van der Waals surface area contributed by atoms with E-state index in [9.17, 15) is 18.0 Å². The lowest BCUT2D eigenvalue weighted by Gasteiger charge is -2.49. The normalized spacial score (nSPS) is 16.4. The Kier molecular flexibility index (Phi) is 6.75. The molecule has 6 nitrogen and oxygen atoms in total. The van der Waals surface area contributed by atoms with Crippen LogP contribution in [-0.4, -0.2) is 92.8 Å². The molecule has 0 fully saturated rings. The van der Waals surface area contributed by atoms with E-state index in [-0.39, 0.29) is 51.2 Å². The number of hydrogen-bond acceptors (Lipinski definition) is 5. The zero-order valence-corrected chi connectivity index (χ0v) is 19.0. The molecule has 2 aromatic carbocycles. The molecule has 1 aliphatic heterocycles. The van der Waals surface area contributed by atoms with Gasteiger partial charge in [-0.3, -0.25) is 4.79 Å². The molecule has 0 N–H and O–H groups in total. The van der Waals surface area contributed by atoms with Crippen molar-refractivity contribution in [2.45, 2.75) is 23.6 Å². The topological polar surface area (TPSA) is 64.6 Å². The molecule has 4 rings (SSSR count). The Hall–Kier alpha value is -3.17. The highest BCUT2D eigenvalue weighted by atomic mass is 19.4. The number of amides is 1. The van der Waals surface area contributed by atoms with E-state index < -0.39 is 28.8 Å². The lowest BCUT2D eigenvalue weighted by atomic mass is 9.39. The van der Waals surface area contributed by atoms with E-state index in [2.05, 4.69) is 14.7 Å². The van der Waals surface area contributed by atoms with E-state index in [4.69, 9.17) is 59.7 Å². The van der Waals surface area contributed by atoms with Crippen molar-refractivity contribution in [3.63, 3.8) is 0 Å². The zero-order valence-electron chi connectivity index (χ0n) is 19.0. The minimum absolute atomic E-state index is 0.0313. The van der Waals surface area contributed by atoms with Gasteiger partial charge in [-0.1, -0.05) is 28.5 Å². The molecule has 0 spiro atoms. The van der Waals surface area contributed by atoms with Crippen molar-refractivity contribution in [2.24, 2.45) is 0 Å². The summed E-state index contributed by atoms with van der Waals surface area (Å²) in [6.07, 6.45) is -2.03. The molecule has 0 bridgehead atoms. The van der Waals surface area contributed by atoms with Crippen LogP contribution in [0.25, 0.3) is 11.1 Å². The molecule has 16 heteroatoms. The lowest BCUT2D eigenvalue weighted by molar-refractivity contribution is -0.274. The number of rotatable bonds is 4. The van der Waals surface area contributed by atoms with Gasteiger partial charge < -0.3 is 14.4 Å². The van der Waals surface area contributed by atoms with Crippen LogP contribution in [0, 0.1) is 0 Å². The number of fused-ring (bicyclic) bond motifs is 1. The number of benzene rings is 2. The third kappa shape index (κ3) is 4.90. The molecule has 14 radical (unpaired) electrons. The maximum absolute atomic E-state index is 13.8. The van der Waals surface area contributed by atoms with Gasteiger partial charge in [0.1, 0.15) is 56.6 Å². The summed E-state index contributed by atoms with van der Waals surface area (Å²) in [4.78, 5) is 22.8. The molecule has 0 saturated heterocycles. The SMILES string of the molecule is [B]c1c([B])c(-c2ccc(OC(F)(F)F)cc2)c([B])c2c1OC([B])([B])C([B])([B])N(Cc1ncccn1)C2=O. The first-order valence-electron chi connectivity index (χ1n) is 10.4. The van der Waals surface area contributed by atoms with Crippen LogP contribution in [-0.2, 0) is 6.54 Å². The number of alkyl halides is 3. The van der Waals surface area contributed by atoms with E-state index in [1.165, 1.54) is 24.5 Å². The Balaban J connectivity index is 1.89. The van der Waals surface area contributed by atoms with E-state index in [1.807, 2.05) is 0 Å². The molecule has 0 unspecified atom stereocenters. The maximum atomic E-state index is 13.8. The highest BCUT2D eigenvalue weighted by Gasteiger charge is 2.48.